The molecule has 1 aromatic rings. The van der Waals surface area contributed by atoms with E-state index in [-0.39, 0.29) is 5.78 Å². The summed E-state index contributed by atoms with van der Waals surface area (Å²) in [6, 6.07) is 9.19. The third-order valence-corrected chi connectivity index (χ3v) is 2.80. The lowest BCUT2D eigenvalue weighted by atomic mass is 10.0. The molecule has 114 valence electrons. The summed E-state index contributed by atoms with van der Waals surface area (Å²) in [5.74, 6) is -0.211. The van der Waals surface area contributed by atoms with Crippen LogP contribution >= 0.6 is 0 Å². The number of carbonyl (C=O) groups is 2. The fourth-order valence-electron chi connectivity index (χ4n) is 1.83. The minimum atomic E-state index is -0.613. The van der Waals surface area contributed by atoms with Gasteiger partial charge < -0.3 is 10.1 Å². The summed E-state index contributed by atoms with van der Waals surface area (Å²) in [7, 11) is 0. The summed E-state index contributed by atoms with van der Waals surface area (Å²) >= 11 is 0. The van der Waals surface area contributed by atoms with Crippen molar-refractivity contribution in [1.29, 1.82) is 0 Å². The van der Waals surface area contributed by atoms with E-state index < -0.39 is 17.7 Å². The van der Waals surface area contributed by atoms with Gasteiger partial charge in [0.05, 0.1) is 6.04 Å². The molecule has 1 atom stereocenters. The molecule has 0 saturated heterocycles. The molecule has 4 heteroatoms. The molecule has 4 nitrogen and oxygen atoms in total. The lowest BCUT2D eigenvalue weighted by molar-refractivity contribution is -0.116. The van der Waals surface area contributed by atoms with Crippen LogP contribution in [0.2, 0.25) is 0 Å². The van der Waals surface area contributed by atoms with Crippen molar-refractivity contribution in [3.8, 4) is 0 Å². The number of benzene rings is 1. The quantitative estimate of drug-likeness (QED) is 0.818. The number of rotatable bonds is 6. The zero-order valence-corrected chi connectivity index (χ0v) is 12.9. The molecule has 0 saturated carbocycles. The molecule has 1 rings (SSSR count). The standard InChI is InChI=1S/C17H23NO3/c1-5-15(19)14(18-16(20)21-17(2,3)4)12-11-13-9-7-6-8-10-13/h5-10,14H,1,11-12H2,2-4H3,(H,18,20). The molecule has 21 heavy (non-hydrogen) atoms. The fourth-order valence-corrected chi connectivity index (χ4v) is 1.83. The predicted octanol–water partition coefficient (Wildman–Crippen LogP) is 3.27. The average molecular weight is 289 g/mol. The van der Waals surface area contributed by atoms with Crippen LogP contribution in [-0.4, -0.2) is 23.5 Å². The first-order valence-corrected chi connectivity index (χ1v) is 7.01. The minimum absolute atomic E-state index is 0.211. The summed E-state index contributed by atoms with van der Waals surface area (Å²) in [5, 5.41) is 2.61. The maximum absolute atomic E-state index is 11.8. The van der Waals surface area contributed by atoms with E-state index in [0.717, 1.165) is 5.56 Å². The molecular weight excluding hydrogens is 266 g/mol. The van der Waals surface area contributed by atoms with E-state index in [1.54, 1.807) is 20.8 Å². The van der Waals surface area contributed by atoms with Gasteiger partial charge in [0.25, 0.3) is 0 Å². The van der Waals surface area contributed by atoms with E-state index in [1.165, 1.54) is 6.08 Å². The number of hydrogen-bond acceptors (Lipinski definition) is 3. The van der Waals surface area contributed by atoms with Crippen molar-refractivity contribution in [2.75, 3.05) is 0 Å². The number of alkyl carbamates (subject to hydrolysis) is 1. The summed E-state index contributed by atoms with van der Waals surface area (Å²) in [6.45, 7) is 8.81. The maximum Gasteiger partial charge on any atom is 0.408 e. The van der Waals surface area contributed by atoms with Gasteiger partial charge in [0, 0.05) is 0 Å². The molecule has 1 amide bonds. The number of hydrogen-bond donors (Lipinski definition) is 1. The number of ketones is 1. The van der Waals surface area contributed by atoms with E-state index in [1.807, 2.05) is 30.3 Å². The van der Waals surface area contributed by atoms with Crippen molar-refractivity contribution >= 4 is 11.9 Å². The summed E-state index contributed by atoms with van der Waals surface area (Å²) < 4.78 is 5.18. The lowest BCUT2D eigenvalue weighted by Crippen LogP contribution is -2.43. The highest BCUT2D eigenvalue weighted by molar-refractivity contribution is 5.95. The molecule has 0 spiro atoms. The summed E-state index contributed by atoms with van der Waals surface area (Å²) in [6.07, 6.45) is 1.85. The first-order chi connectivity index (χ1) is 9.81. The highest BCUT2D eigenvalue weighted by atomic mass is 16.6. The normalized spacial score (nSPS) is 12.3. The van der Waals surface area contributed by atoms with Gasteiger partial charge in [0.2, 0.25) is 0 Å². The first-order valence-electron chi connectivity index (χ1n) is 7.01. The summed E-state index contributed by atoms with van der Waals surface area (Å²) in [4.78, 5) is 23.6. The van der Waals surface area contributed by atoms with E-state index in [4.69, 9.17) is 4.74 Å². The Bertz CT molecular complexity index is 489. The fraction of sp³-hybridized carbons (Fsp3) is 0.412. The van der Waals surface area contributed by atoms with Crippen LogP contribution in [0.1, 0.15) is 32.8 Å². The third kappa shape index (κ3) is 6.75. The van der Waals surface area contributed by atoms with Crippen LogP contribution in [0.3, 0.4) is 0 Å². The van der Waals surface area contributed by atoms with Crippen LogP contribution in [0.25, 0.3) is 0 Å². The smallest absolute Gasteiger partial charge is 0.408 e. The number of carbonyl (C=O) groups excluding carboxylic acids is 2. The number of ether oxygens (including phenoxy) is 1. The van der Waals surface area contributed by atoms with Gasteiger partial charge in [-0.25, -0.2) is 4.79 Å². The van der Waals surface area contributed by atoms with Gasteiger partial charge >= 0.3 is 6.09 Å². The zero-order valence-electron chi connectivity index (χ0n) is 12.9. The monoisotopic (exact) mass is 289 g/mol. The average Bonchev–Trinajstić information content (AvgIpc) is 2.41. The zero-order chi connectivity index (χ0) is 15.9. The Morgan fingerprint density at radius 1 is 1.29 bits per heavy atom. The van der Waals surface area contributed by atoms with Crippen molar-refractivity contribution in [3.05, 3.63) is 48.6 Å². The SMILES string of the molecule is C=CC(=O)C(CCc1ccccc1)NC(=O)OC(C)(C)C. The Morgan fingerprint density at radius 2 is 1.90 bits per heavy atom. The van der Waals surface area contributed by atoms with Crippen molar-refractivity contribution in [3.63, 3.8) is 0 Å². The van der Waals surface area contributed by atoms with E-state index >= 15 is 0 Å². The van der Waals surface area contributed by atoms with E-state index in [0.29, 0.717) is 12.8 Å². The molecule has 1 unspecified atom stereocenters. The van der Waals surface area contributed by atoms with E-state index in [2.05, 4.69) is 11.9 Å². The van der Waals surface area contributed by atoms with Crippen LogP contribution in [-0.2, 0) is 16.0 Å². The second-order valence-corrected chi connectivity index (χ2v) is 5.83. The Morgan fingerprint density at radius 3 is 2.43 bits per heavy atom. The van der Waals surface area contributed by atoms with Crippen LogP contribution in [0, 0.1) is 0 Å². The molecule has 1 N–H and O–H groups in total. The number of nitrogens with one attached hydrogen (secondary N) is 1. The highest BCUT2D eigenvalue weighted by Crippen LogP contribution is 2.09. The largest absolute Gasteiger partial charge is 0.444 e. The van der Waals surface area contributed by atoms with Gasteiger partial charge in [0.15, 0.2) is 5.78 Å². The molecule has 0 aliphatic heterocycles. The molecule has 0 aromatic heterocycles. The van der Waals surface area contributed by atoms with Crippen LogP contribution in [0.5, 0.6) is 0 Å². The number of aryl methyl sites for hydroxylation is 1. The van der Waals surface area contributed by atoms with Crippen molar-refractivity contribution in [2.45, 2.75) is 45.3 Å². The Kier molecular flexibility index (Phi) is 6.15. The second-order valence-electron chi connectivity index (χ2n) is 5.83. The molecule has 0 aliphatic rings. The molecule has 0 bridgehead atoms. The van der Waals surface area contributed by atoms with Crippen molar-refractivity contribution in [2.24, 2.45) is 0 Å². The number of amides is 1. The molecular formula is C17H23NO3. The maximum atomic E-state index is 11.8. The van der Waals surface area contributed by atoms with Gasteiger partial charge in [-0.05, 0) is 45.3 Å². The Hall–Kier alpha value is -2.10. The summed E-state index contributed by atoms with van der Waals surface area (Å²) in [5.41, 5.74) is 0.524. The molecule has 0 aliphatic carbocycles. The van der Waals surface area contributed by atoms with Crippen molar-refractivity contribution in [1.82, 2.24) is 5.32 Å². The second kappa shape index (κ2) is 7.62. The van der Waals surface area contributed by atoms with Gasteiger partial charge in [-0.3, -0.25) is 4.79 Å². The third-order valence-electron chi connectivity index (χ3n) is 2.80. The van der Waals surface area contributed by atoms with E-state index in [9.17, 15) is 9.59 Å². The highest BCUT2D eigenvalue weighted by Gasteiger charge is 2.22. The van der Waals surface area contributed by atoms with Gasteiger partial charge in [-0.15, -0.1) is 0 Å². The Labute approximate surface area is 126 Å². The molecule has 0 fully saturated rings. The van der Waals surface area contributed by atoms with Gasteiger partial charge in [-0.1, -0.05) is 36.9 Å². The molecule has 0 radical (unpaired) electrons. The minimum Gasteiger partial charge on any atom is -0.444 e. The van der Waals surface area contributed by atoms with Crippen molar-refractivity contribution < 1.29 is 14.3 Å². The van der Waals surface area contributed by atoms with Gasteiger partial charge in [-0.2, -0.15) is 0 Å². The first kappa shape index (κ1) is 17.0. The van der Waals surface area contributed by atoms with Crippen LogP contribution in [0.15, 0.2) is 43.0 Å². The van der Waals surface area contributed by atoms with Crippen LogP contribution in [0.4, 0.5) is 4.79 Å². The Balaban J connectivity index is 2.62. The molecule has 1 aromatic carbocycles. The topological polar surface area (TPSA) is 55.4 Å². The molecule has 0 heterocycles. The van der Waals surface area contributed by atoms with Crippen LogP contribution < -0.4 is 5.32 Å². The predicted molar refractivity (Wildman–Crippen MR) is 83.1 cm³/mol. The van der Waals surface area contributed by atoms with Gasteiger partial charge in [0.1, 0.15) is 5.60 Å². The lowest BCUT2D eigenvalue weighted by Gasteiger charge is -2.22.